The molecule has 16 heavy (non-hydrogen) atoms. The van der Waals surface area contributed by atoms with E-state index in [1.807, 2.05) is 24.3 Å². The molecule has 1 atom stereocenters. The van der Waals surface area contributed by atoms with Gasteiger partial charge >= 0.3 is 5.97 Å². The van der Waals surface area contributed by atoms with Crippen molar-refractivity contribution >= 4 is 17.6 Å². The van der Waals surface area contributed by atoms with Gasteiger partial charge in [-0.15, -0.1) is 0 Å². The summed E-state index contributed by atoms with van der Waals surface area (Å²) >= 11 is 5.78. The van der Waals surface area contributed by atoms with Crippen LogP contribution in [0.15, 0.2) is 24.3 Å². The van der Waals surface area contributed by atoms with Gasteiger partial charge in [-0.05, 0) is 30.5 Å². The first-order valence-corrected chi connectivity index (χ1v) is 5.56. The predicted octanol–water partition coefficient (Wildman–Crippen LogP) is 2.16. The van der Waals surface area contributed by atoms with Crippen molar-refractivity contribution in [3.63, 3.8) is 0 Å². The zero-order valence-electron chi connectivity index (χ0n) is 9.28. The molecule has 4 heteroatoms. The number of halogens is 1. The highest BCUT2D eigenvalue weighted by atomic mass is 35.5. The summed E-state index contributed by atoms with van der Waals surface area (Å²) < 4.78 is 4.55. The Morgan fingerprint density at radius 2 is 2.06 bits per heavy atom. The second kappa shape index (κ2) is 6.51. The number of carbonyl (C=O) groups excluding carboxylic acids is 1. The third-order valence-corrected chi connectivity index (χ3v) is 2.61. The van der Waals surface area contributed by atoms with E-state index in [0.29, 0.717) is 17.9 Å². The van der Waals surface area contributed by atoms with Crippen LogP contribution in [0.3, 0.4) is 0 Å². The van der Waals surface area contributed by atoms with Gasteiger partial charge in [0.15, 0.2) is 0 Å². The van der Waals surface area contributed by atoms with Crippen molar-refractivity contribution in [2.75, 3.05) is 7.11 Å². The lowest BCUT2D eigenvalue weighted by Crippen LogP contribution is -2.24. The maximum atomic E-state index is 10.9. The molecular weight excluding hydrogens is 226 g/mol. The highest BCUT2D eigenvalue weighted by Gasteiger charge is 2.07. The molecule has 0 aromatic heterocycles. The maximum Gasteiger partial charge on any atom is 0.305 e. The van der Waals surface area contributed by atoms with Crippen LogP contribution in [-0.2, 0) is 16.0 Å². The molecule has 0 aliphatic heterocycles. The van der Waals surface area contributed by atoms with Crippen LogP contribution in [0.25, 0.3) is 0 Å². The Kier molecular flexibility index (Phi) is 5.29. The van der Waals surface area contributed by atoms with Gasteiger partial charge in [0, 0.05) is 17.5 Å². The molecule has 0 fully saturated rings. The Bertz CT molecular complexity index is 337. The fraction of sp³-hybridized carbons (Fsp3) is 0.417. The highest BCUT2D eigenvalue weighted by Crippen LogP contribution is 2.12. The Labute approximate surface area is 101 Å². The van der Waals surface area contributed by atoms with Crippen molar-refractivity contribution in [1.82, 2.24) is 0 Å². The summed E-state index contributed by atoms with van der Waals surface area (Å²) in [6, 6.07) is 7.54. The third-order valence-electron chi connectivity index (χ3n) is 2.36. The quantitative estimate of drug-likeness (QED) is 0.804. The monoisotopic (exact) mass is 241 g/mol. The number of hydrogen-bond donors (Lipinski definition) is 1. The molecule has 0 aliphatic carbocycles. The van der Waals surface area contributed by atoms with Crippen LogP contribution in [0.1, 0.15) is 18.4 Å². The smallest absolute Gasteiger partial charge is 0.305 e. The van der Waals surface area contributed by atoms with Gasteiger partial charge in [0.25, 0.3) is 0 Å². The van der Waals surface area contributed by atoms with Gasteiger partial charge in [-0.2, -0.15) is 0 Å². The first kappa shape index (κ1) is 13.0. The van der Waals surface area contributed by atoms with E-state index in [2.05, 4.69) is 4.74 Å². The number of ether oxygens (including phenoxy) is 1. The van der Waals surface area contributed by atoms with Crippen molar-refractivity contribution in [1.29, 1.82) is 0 Å². The lowest BCUT2D eigenvalue weighted by atomic mass is 10.0. The molecule has 1 aromatic carbocycles. The summed E-state index contributed by atoms with van der Waals surface area (Å²) in [4.78, 5) is 10.9. The minimum Gasteiger partial charge on any atom is -0.469 e. The summed E-state index contributed by atoms with van der Waals surface area (Å²) in [5, 5.41) is 0.715. The molecule has 0 radical (unpaired) electrons. The van der Waals surface area contributed by atoms with Gasteiger partial charge in [-0.1, -0.05) is 23.7 Å². The van der Waals surface area contributed by atoms with Gasteiger partial charge in [-0.25, -0.2) is 0 Å². The summed E-state index contributed by atoms with van der Waals surface area (Å²) in [7, 11) is 1.38. The lowest BCUT2D eigenvalue weighted by Gasteiger charge is -2.10. The number of carbonyl (C=O) groups is 1. The first-order valence-electron chi connectivity index (χ1n) is 5.18. The average molecular weight is 242 g/mol. The number of rotatable bonds is 5. The lowest BCUT2D eigenvalue weighted by molar-refractivity contribution is -0.140. The largest absolute Gasteiger partial charge is 0.469 e. The normalized spacial score (nSPS) is 12.2. The molecule has 3 nitrogen and oxygen atoms in total. The molecular formula is C12H16ClNO2. The molecule has 1 aromatic rings. The van der Waals surface area contributed by atoms with Crippen LogP contribution in [0.4, 0.5) is 0 Å². The number of esters is 1. The minimum atomic E-state index is -0.216. The molecule has 1 unspecified atom stereocenters. The van der Waals surface area contributed by atoms with Crippen LogP contribution in [0.5, 0.6) is 0 Å². The Hall–Kier alpha value is -1.06. The van der Waals surface area contributed by atoms with E-state index >= 15 is 0 Å². The van der Waals surface area contributed by atoms with Gasteiger partial charge in [0.05, 0.1) is 7.11 Å². The first-order chi connectivity index (χ1) is 7.61. The van der Waals surface area contributed by atoms with Gasteiger partial charge < -0.3 is 10.5 Å². The van der Waals surface area contributed by atoms with E-state index in [4.69, 9.17) is 17.3 Å². The molecule has 0 amide bonds. The second-order valence-corrected chi connectivity index (χ2v) is 4.14. The predicted molar refractivity (Wildman–Crippen MR) is 64.4 cm³/mol. The van der Waals surface area contributed by atoms with E-state index in [1.54, 1.807) is 0 Å². The minimum absolute atomic E-state index is 0.0275. The van der Waals surface area contributed by atoms with E-state index in [1.165, 1.54) is 7.11 Å². The van der Waals surface area contributed by atoms with Crippen LogP contribution in [0.2, 0.25) is 5.02 Å². The molecule has 0 bridgehead atoms. The summed E-state index contributed by atoms with van der Waals surface area (Å²) in [6.45, 7) is 0. The number of nitrogens with two attached hydrogens (primary N) is 1. The van der Waals surface area contributed by atoms with Crippen LogP contribution in [-0.4, -0.2) is 19.1 Å². The number of benzene rings is 1. The zero-order chi connectivity index (χ0) is 12.0. The molecule has 0 spiro atoms. The SMILES string of the molecule is COC(=O)CCC(N)Cc1ccc(Cl)cc1. The molecule has 0 saturated carbocycles. The zero-order valence-corrected chi connectivity index (χ0v) is 10.0. The number of methoxy groups -OCH3 is 1. The molecule has 0 heterocycles. The Morgan fingerprint density at radius 3 is 2.62 bits per heavy atom. The maximum absolute atomic E-state index is 10.9. The molecule has 88 valence electrons. The molecule has 1 rings (SSSR count). The van der Waals surface area contributed by atoms with Crippen LogP contribution < -0.4 is 5.73 Å². The van der Waals surface area contributed by atoms with E-state index in [-0.39, 0.29) is 12.0 Å². The fourth-order valence-corrected chi connectivity index (χ4v) is 1.56. The molecule has 0 aliphatic rings. The van der Waals surface area contributed by atoms with Gasteiger partial charge in [-0.3, -0.25) is 4.79 Å². The average Bonchev–Trinajstić information content (AvgIpc) is 2.29. The Balaban J connectivity index is 2.36. The molecule has 2 N–H and O–H groups in total. The summed E-state index contributed by atoms with van der Waals surface area (Å²) in [5.41, 5.74) is 7.03. The van der Waals surface area contributed by atoms with E-state index < -0.39 is 0 Å². The van der Waals surface area contributed by atoms with Crippen LogP contribution in [0, 0.1) is 0 Å². The summed E-state index contributed by atoms with van der Waals surface area (Å²) in [6.07, 6.45) is 1.74. The van der Waals surface area contributed by atoms with Gasteiger partial charge in [0.1, 0.15) is 0 Å². The second-order valence-electron chi connectivity index (χ2n) is 3.71. The van der Waals surface area contributed by atoms with Crippen molar-refractivity contribution in [3.8, 4) is 0 Å². The van der Waals surface area contributed by atoms with Crippen molar-refractivity contribution < 1.29 is 9.53 Å². The van der Waals surface area contributed by atoms with Crippen molar-refractivity contribution in [2.24, 2.45) is 5.73 Å². The standard InChI is InChI=1S/C12H16ClNO2/c1-16-12(15)7-6-11(14)8-9-2-4-10(13)5-3-9/h2-5,11H,6-8,14H2,1H3. The van der Waals surface area contributed by atoms with Gasteiger partial charge in [0.2, 0.25) is 0 Å². The number of hydrogen-bond acceptors (Lipinski definition) is 3. The highest BCUT2D eigenvalue weighted by molar-refractivity contribution is 6.30. The van der Waals surface area contributed by atoms with Crippen LogP contribution >= 0.6 is 11.6 Å². The molecule has 0 saturated heterocycles. The van der Waals surface area contributed by atoms with Crippen molar-refractivity contribution in [3.05, 3.63) is 34.9 Å². The fourth-order valence-electron chi connectivity index (χ4n) is 1.43. The summed E-state index contributed by atoms with van der Waals surface area (Å²) in [5.74, 6) is -0.216. The van der Waals surface area contributed by atoms with E-state index in [0.717, 1.165) is 12.0 Å². The Morgan fingerprint density at radius 1 is 1.44 bits per heavy atom. The van der Waals surface area contributed by atoms with Crippen molar-refractivity contribution in [2.45, 2.75) is 25.3 Å². The third kappa shape index (κ3) is 4.64. The topological polar surface area (TPSA) is 52.3 Å². The van der Waals surface area contributed by atoms with E-state index in [9.17, 15) is 4.79 Å².